The van der Waals surface area contributed by atoms with Gasteiger partial charge < -0.3 is 4.57 Å². The van der Waals surface area contributed by atoms with Crippen LogP contribution >= 0.6 is 11.3 Å². The number of thiophene rings is 1. The fraction of sp³-hybridized carbons (Fsp3) is 0. The molecule has 0 atom stereocenters. The molecule has 0 aliphatic heterocycles. The Bertz CT molecular complexity index is 2420. The molecule has 0 aliphatic carbocycles. The third kappa shape index (κ3) is 3.94. The zero-order chi connectivity index (χ0) is 29.0. The highest BCUT2D eigenvalue weighted by Gasteiger charge is 2.18. The van der Waals surface area contributed by atoms with Gasteiger partial charge in [0.1, 0.15) is 0 Å². The van der Waals surface area contributed by atoms with E-state index in [0.717, 1.165) is 22.4 Å². The van der Waals surface area contributed by atoms with E-state index in [-0.39, 0.29) is 0 Å². The zero-order valence-corrected chi connectivity index (χ0v) is 24.4. The van der Waals surface area contributed by atoms with Crippen molar-refractivity contribution in [1.29, 1.82) is 0 Å². The van der Waals surface area contributed by atoms with Crippen LogP contribution in [-0.2, 0) is 0 Å². The molecule has 0 aliphatic rings. The molecule has 0 unspecified atom stereocenters. The fourth-order valence-corrected chi connectivity index (χ4v) is 7.47. The summed E-state index contributed by atoms with van der Waals surface area (Å²) >= 11 is 1.88. The number of hydrogen-bond acceptors (Lipinski definition) is 4. The Labute approximate surface area is 257 Å². The first-order chi connectivity index (χ1) is 21.8. The van der Waals surface area contributed by atoms with E-state index in [0.29, 0.717) is 17.5 Å². The van der Waals surface area contributed by atoms with Gasteiger partial charge in [-0.1, -0.05) is 103 Å². The lowest BCUT2D eigenvalue weighted by Crippen LogP contribution is -2.00. The molecule has 3 heterocycles. The molecule has 0 N–H and O–H groups in total. The van der Waals surface area contributed by atoms with Gasteiger partial charge in [-0.15, -0.1) is 11.3 Å². The number of nitrogens with zero attached hydrogens (tertiary/aromatic N) is 4. The van der Waals surface area contributed by atoms with Crippen molar-refractivity contribution in [2.24, 2.45) is 0 Å². The first-order valence-corrected chi connectivity index (χ1v) is 15.4. The Kier molecular flexibility index (Phi) is 5.64. The topological polar surface area (TPSA) is 43.6 Å². The lowest BCUT2D eigenvalue weighted by Gasteiger charge is -2.11. The standard InChI is InChI=1S/C39H24N4S/c1-3-11-25(12-4-1)37-40-38(26-13-5-2-6-14-26)42-39(41-37)27-19-21-28(22-20-27)43-32-17-9-7-16-31(32)35-33(43)24-23-30-29-15-8-10-18-34(29)44-36(30)35/h1-24H. The Morgan fingerprint density at radius 1 is 0.409 bits per heavy atom. The summed E-state index contributed by atoms with van der Waals surface area (Å²) in [6.07, 6.45) is 0. The van der Waals surface area contributed by atoms with Crippen LogP contribution in [0.25, 0.3) is 81.8 Å². The molecule has 5 heteroatoms. The second-order valence-electron chi connectivity index (χ2n) is 10.9. The van der Waals surface area contributed by atoms with Gasteiger partial charge in [0.15, 0.2) is 17.5 Å². The molecular weight excluding hydrogens is 557 g/mol. The minimum absolute atomic E-state index is 0.651. The van der Waals surface area contributed by atoms with Gasteiger partial charge in [0, 0.05) is 53.3 Å². The van der Waals surface area contributed by atoms with Crippen LogP contribution in [0.1, 0.15) is 0 Å². The lowest BCUT2D eigenvalue weighted by atomic mass is 10.1. The second kappa shape index (κ2) is 9.97. The first-order valence-electron chi connectivity index (χ1n) is 14.6. The van der Waals surface area contributed by atoms with E-state index in [1.807, 2.05) is 72.0 Å². The van der Waals surface area contributed by atoms with Crippen molar-refractivity contribution < 1.29 is 0 Å². The summed E-state index contributed by atoms with van der Waals surface area (Å²) in [7, 11) is 0. The number of para-hydroxylation sites is 1. The summed E-state index contributed by atoms with van der Waals surface area (Å²) in [5.74, 6) is 1.97. The van der Waals surface area contributed by atoms with E-state index in [1.165, 1.54) is 42.0 Å². The Hall–Kier alpha value is -5.65. The molecule has 3 aromatic heterocycles. The molecule has 0 spiro atoms. The van der Waals surface area contributed by atoms with Crippen LogP contribution in [0.2, 0.25) is 0 Å². The quantitative estimate of drug-likeness (QED) is 0.208. The maximum Gasteiger partial charge on any atom is 0.164 e. The molecule has 6 aromatic carbocycles. The van der Waals surface area contributed by atoms with Crippen molar-refractivity contribution in [1.82, 2.24) is 19.5 Å². The Morgan fingerprint density at radius 2 is 0.955 bits per heavy atom. The van der Waals surface area contributed by atoms with Gasteiger partial charge in [0.2, 0.25) is 0 Å². The molecule has 44 heavy (non-hydrogen) atoms. The van der Waals surface area contributed by atoms with E-state index in [2.05, 4.69) is 89.5 Å². The SMILES string of the molecule is c1ccc(-c2nc(-c3ccccc3)nc(-c3ccc(-n4c5ccccc5c5c6sc7ccccc7c6ccc54)cc3)n2)cc1. The van der Waals surface area contributed by atoms with Crippen molar-refractivity contribution >= 4 is 53.3 Å². The minimum atomic E-state index is 0.651. The van der Waals surface area contributed by atoms with Gasteiger partial charge in [-0.2, -0.15) is 0 Å². The van der Waals surface area contributed by atoms with E-state index >= 15 is 0 Å². The van der Waals surface area contributed by atoms with Crippen molar-refractivity contribution in [2.75, 3.05) is 0 Å². The molecule has 4 nitrogen and oxygen atoms in total. The average molecular weight is 581 g/mol. The van der Waals surface area contributed by atoms with Crippen LogP contribution in [0.4, 0.5) is 0 Å². The number of benzene rings is 6. The van der Waals surface area contributed by atoms with Gasteiger partial charge in [-0.3, -0.25) is 0 Å². The molecule has 9 aromatic rings. The Morgan fingerprint density at radius 3 is 1.61 bits per heavy atom. The monoisotopic (exact) mass is 580 g/mol. The summed E-state index contributed by atoms with van der Waals surface area (Å²) < 4.78 is 5.02. The number of hydrogen-bond donors (Lipinski definition) is 0. The first kappa shape index (κ1) is 24.9. The lowest BCUT2D eigenvalue weighted by molar-refractivity contribution is 1.07. The molecule has 0 fully saturated rings. The fourth-order valence-electron chi connectivity index (χ4n) is 6.21. The van der Waals surface area contributed by atoms with Crippen molar-refractivity contribution in [3.05, 3.63) is 146 Å². The summed E-state index contributed by atoms with van der Waals surface area (Å²) in [5, 5.41) is 5.20. The molecule has 9 rings (SSSR count). The van der Waals surface area contributed by atoms with Crippen LogP contribution in [0.3, 0.4) is 0 Å². The van der Waals surface area contributed by atoms with Crippen molar-refractivity contribution in [3.63, 3.8) is 0 Å². The van der Waals surface area contributed by atoms with Gasteiger partial charge in [-0.05, 0) is 42.5 Å². The predicted octanol–water partition coefficient (Wildman–Crippen LogP) is 10.3. The van der Waals surface area contributed by atoms with Crippen molar-refractivity contribution in [2.45, 2.75) is 0 Å². The normalized spacial score (nSPS) is 11.6. The van der Waals surface area contributed by atoms with Gasteiger partial charge in [0.25, 0.3) is 0 Å². The Balaban J connectivity index is 1.21. The molecule has 0 saturated carbocycles. The van der Waals surface area contributed by atoms with Crippen LogP contribution in [0, 0.1) is 0 Å². The van der Waals surface area contributed by atoms with E-state index < -0.39 is 0 Å². The van der Waals surface area contributed by atoms with Gasteiger partial charge >= 0.3 is 0 Å². The van der Waals surface area contributed by atoms with Crippen LogP contribution in [0.5, 0.6) is 0 Å². The largest absolute Gasteiger partial charge is 0.309 e. The molecule has 0 radical (unpaired) electrons. The highest BCUT2D eigenvalue weighted by Crippen LogP contribution is 2.43. The maximum absolute atomic E-state index is 4.92. The highest BCUT2D eigenvalue weighted by atomic mass is 32.1. The molecule has 0 amide bonds. The number of rotatable bonds is 4. The second-order valence-corrected chi connectivity index (χ2v) is 11.9. The maximum atomic E-state index is 4.92. The zero-order valence-electron chi connectivity index (χ0n) is 23.6. The third-order valence-electron chi connectivity index (χ3n) is 8.26. The van der Waals surface area contributed by atoms with E-state index in [4.69, 9.17) is 15.0 Å². The highest BCUT2D eigenvalue weighted by molar-refractivity contribution is 7.26. The van der Waals surface area contributed by atoms with Crippen molar-refractivity contribution in [3.8, 4) is 39.9 Å². The van der Waals surface area contributed by atoms with Crippen LogP contribution < -0.4 is 0 Å². The van der Waals surface area contributed by atoms with E-state index in [1.54, 1.807) is 0 Å². The smallest absolute Gasteiger partial charge is 0.164 e. The van der Waals surface area contributed by atoms with Crippen LogP contribution in [-0.4, -0.2) is 19.5 Å². The summed E-state index contributed by atoms with van der Waals surface area (Å²) in [6, 6.07) is 50.7. The third-order valence-corrected chi connectivity index (χ3v) is 9.47. The number of aromatic nitrogens is 4. The summed E-state index contributed by atoms with van der Waals surface area (Å²) in [5.41, 5.74) is 6.36. The van der Waals surface area contributed by atoms with E-state index in [9.17, 15) is 0 Å². The summed E-state index contributed by atoms with van der Waals surface area (Å²) in [6.45, 7) is 0. The average Bonchev–Trinajstić information content (AvgIpc) is 3.65. The molecule has 206 valence electrons. The number of fused-ring (bicyclic) bond motifs is 7. The molecule has 0 saturated heterocycles. The van der Waals surface area contributed by atoms with Crippen LogP contribution in [0.15, 0.2) is 146 Å². The predicted molar refractivity (Wildman–Crippen MR) is 183 cm³/mol. The summed E-state index contributed by atoms with van der Waals surface area (Å²) in [4.78, 5) is 14.7. The van der Waals surface area contributed by atoms with Gasteiger partial charge in [-0.25, -0.2) is 15.0 Å². The minimum Gasteiger partial charge on any atom is -0.309 e. The molecule has 0 bridgehead atoms. The molecular formula is C39H24N4S. The van der Waals surface area contributed by atoms with Gasteiger partial charge in [0.05, 0.1) is 11.0 Å².